The molecule has 1 heterocycles. The molecule has 6 nitrogen and oxygen atoms in total. The number of amides is 1. The summed E-state index contributed by atoms with van der Waals surface area (Å²) in [6.07, 6.45) is 2.54. The van der Waals surface area contributed by atoms with Gasteiger partial charge in [-0.1, -0.05) is 18.5 Å². The summed E-state index contributed by atoms with van der Waals surface area (Å²) in [5.41, 5.74) is 2.84. The quantitative estimate of drug-likeness (QED) is 0.401. The maximum atomic E-state index is 12.0. The van der Waals surface area contributed by atoms with Gasteiger partial charge in [-0.15, -0.1) is 0 Å². The standard InChI is InChI=1S/C13H20ClN5O/c1-2-19(10-3-4-10)6-5-16-13(20)9-7-11(14)17-12(8-9)18-15/h7-8,10H,2-6,15H2,1H3,(H,16,20)(H,17,18). The number of likely N-dealkylation sites (N-methyl/N-ethyl adjacent to an activating group) is 1. The Kier molecular flexibility index (Phi) is 5.17. The first-order valence-electron chi connectivity index (χ1n) is 6.80. The van der Waals surface area contributed by atoms with Gasteiger partial charge in [0.15, 0.2) is 0 Å². The minimum atomic E-state index is -0.169. The topological polar surface area (TPSA) is 83.3 Å². The zero-order chi connectivity index (χ0) is 14.5. The highest BCUT2D eigenvalue weighted by atomic mass is 35.5. The Morgan fingerprint density at radius 1 is 1.55 bits per heavy atom. The van der Waals surface area contributed by atoms with Crippen LogP contribution in [0.3, 0.4) is 0 Å². The van der Waals surface area contributed by atoms with Crippen molar-refractivity contribution in [1.82, 2.24) is 15.2 Å². The molecule has 2 rings (SSSR count). The highest BCUT2D eigenvalue weighted by Crippen LogP contribution is 2.25. The van der Waals surface area contributed by atoms with E-state index in [1.54, 1.807) is 6.07 Å². The van der Waals surface area contributed by atoms with Crippen molar-refractivity contribution in [3.05, 3.63) is 22.8 Å². The Labute approximate surface area is 123 Å². The Balaban J connectivity index is 1.86. The van der Waals surface area contributed by atoms with E-state index >= 15 is 0 Å². The lowest BCUT2D eigenvalue weighted by atomic mass is 10.2. The van der Waals surface area contributed by atoms with Gasteiger partial charge in [0.1, 0.15) is 11.0 Å². The van der Waals surface area contributed by atoms with Gasteiger partial charge in [0.2, 0.25) is 0 Å². The Morgan fingerprint density at radius 2 is 2.30 bits per heavy atom. The van der Waals surface area contributed by atoms with E-state index in [2.05, 4.69) is 27.6 Å². The summed E-state index contributed by atoms with van der Waals surface area (Å²) in [5.74, 6) is 5.48. The van der Waals surface area contributed by atoms with Gasteiger partial charge >= 0.3 is 0 Å². The maximum Gasteiger partial charge on any atom is 0.251 e. The second-order valence-corrected chi connectivity index (χ2v) is 5.21. The molecular formula is C13H20ClN5O. The Hall–Kier alpha value is -1.37. The largest absolute Gasteiger partial charge is 0.351 e. The van der Waals surface area contributed by atoms with Crippen molar-refractivity contribution in [2.75, 3.05) is 25.1 Å². The van der Waals surface area contributed by atoms with Gasteiger partial charge in [-0.05, 0) is 31.5 Å². The number of hydrogen-bond acceptors (Lipinski definition) is 5. The van der Waals surface area contributed by atoms with Crippen molar-refractivity contribution in [2.24, 2.45) is 5.84 Å². The number of pyridine rings is 1. The van der Waals surface area contributed by atoms with Crippen LogP contribution < -0.4 is 16.6 Å². The zero-order valence-corrected chi connectivity index (χ0v) is 12.3. The number of carbonyl (C=O) groups excluding carboxylic acids is 1. The number of hydrazine groups is 1. The van der Waals surface area contributed by atoms with Gasteiger partial charge in [0.25, 0.3) is 5.91 Å². The fourth-order valence-electron chi connectivity index (χ4n) is 2.16. The van der Waals surface area contributed by atoms with Crippen LogP contribution in [0.2, 0.25) is 5.15 Å². The van der Waals surface area contributed by atoms with Gasteiger partial charge < -0.3 is 10.7 Å². The number of hydrogen-bond donors (Lipinski definition) is 3. The van der Waals surface area contributed by atoms with Gasteiger partial charge in [-0.3, -0.25) is 9.69 Å². The van der Waals surface area contributed by atoms with Crippen LogP contribution in [-0.4, -0.2) is 41.5 Å². The van der Waals surface area contributed by atoms with E-state index in [1.165, 1.54) is 18.9 Å². The number of rotatable bonds is 7. The SMILES string of the molecule is CCN(CCNC(=O)c1cc(Cl)nc(NN)c1)C1CC1. The fraction of sp³-hybridized carbons (Fsp3) is 0.538. The third kappa shape index (κ3) is 4.06. The molecule has 1 amide bonds. The second-order valence-electron chi connectivity index (χ2n) is 4.82. The molecule has 0 radical (unpaired) electrons. The first-order valence-corrected chi connectivity index (χ1v) is 7.18. The van der Waals surface area contributed by atoms with Crippen LogP contribution in [0.15, 0.2) is 12.1 Å². The van der Waals surface area contributed by atoms with Crippen LogP contribution in [0.5, 0.6) is 0 Å². The summed E-state index contributed by atoms with van der Waals surface area (Å²) in [4.78, 5) is 18.3. The van der Waals surface area contributed by atoms with Crippen LogP contribution in [0.1, 0.15) is 30.1 Å². The lowest BCUT2D eigenvalue weighted by molar-refractivity contribution is 0.0948. The zero-order valence-electron chi connectivity index (χ0n) is 11.5. The molecule has 7 heteroatoms. The molecule has 0 bridgehead atoms. The highest BCUT2D eigenvalue weighted by Gasteiger charge is 2.27. The minimum absolute atomic E-state index is 0.169. The third-order valence-corrected chi connectivity index (χ3v) is 3.55. The number of nitrogens with zero attached hydrogens (tertiary/aromatic N) is 2. The number of nitrogen functional groups attached to an aromatic ring is 1. The molecule has 0 spiro atoms. The monoisotopic (exact) mass is 297 g/mol. The van der Waals surface area contributed by atoms with E-state index in [9.17, 15) is 4.79 Å². The molecule has 1 aliphatic rings. The van der Waals surface area contributed by atoms with E-state index in [0.29, 0.717) is 24.0 Å². The number of aromatic nitrogens is 1. The van der Waals surface area contributed by atoms with Crippen LogP contribution in [0.25, 0.3) is 0 Å². The van der Waals surface area contributed by atoms with Crippen LogP contribution >= 0.6 is 11.6 Å². The van der Waals surface area contributed by atoms with E-state index in [-0.39, 0.29) is 11.1 Å². The van der Waals surface area contributed by atoms with Crippen molar-refractivity contribution in [3.8, 4) is 0 Å². The summed E-state index contributed by atoms with van der Waals surface area (Å²) in [6, 6.07) is 3.80. The summed E-state index contributed by atoms with van der Waals surface area (Å²) in [7, 11) is 0. The molecule has 1 aliphatic carbocycles. The van der Waals surface area contributed by atoms with Crippen molar-refractivity contribution >= 4 is 23.3 Å². The van der Waals surface area contributed by atoms with E-state index in [4.69, 9.17) is 17.4 Å². The van der Waals surface area contributed by atoms with E-state index < -0.39 is 0 Å². The van der Waals surface area contributed by atoms with Gasteiger partial charge in [-0.25, -0.2) is 10.8 Å². The molecule has 0 unspecified atom stereocenters. The molecule has 0 aliphatic heterocycles. The molecule has 20 heavy (non-hydrogen) atoms. The molecule has 110 valence electrons. The van der Waals surface area contributed by atoms with Crippen molar-refractivity contribution in [3.63, 3.8) is 0 Å². The number of nitrogens with two attached hydrogens (primary N) is 1. The number of carbonyl (C=O) groups is 1. The summed E-state index contributed by atoms with van der Waals surface area (Å²) >= 11 is 5.83. The normalized spacial score (nSPS) is 14.4. The predicted octanol–water partition coefficient (Wildman–Crippen LogP) is 1.23. The second kappa shape index (κ2) is 6.88. The van der Waals surface area contributed by atoms with Gasteiger partial charge in [-0.2, -0.15) is 0 Å². The van der Waals surface area contributed by atoms with Crippen LogP contribution in [-0.2, 0) is 0 Å². The fourth-order valence-corrected chi connectivity index (χ4v) is 2.36. The number of nitrogens with one attached hydrogen (secondary N) is 2. The van der Waals surface area contributed by atoms with Gasteiger partial charge in [0.05, 0.1) is 0 Å². The summed E-state index contributed by atoms with van der Waals surface area (Å²) in [5, 5.41) is 3.12. The molecule has 0 saturated heterocycles. The lowest BCUT2D eigenvalue weighted by Crippen LogP contribution is -2.36. The van der Waals surface area contributed by atoms with Crippen LogP contribution in [0.4, 0.5) is 5.82 Å². The minimum Gasteiger partial charge on any atom is -0.351 e. The first kappa shape index (κ1) is 15.0. The molecule has 0 atom stereocenters. The smallest absolute Gasteiger partial charge is 0.251 e. The lowest BCUT2D eigenvalue weighted by Gasteiger charge is -2.19. The first-order chi connectivity index (χ1) is 9.63. The highest BCUT2D eigenvalue weighted by molar-refractivity contribution is 6.29. The van der Waals surface area contributed by atoms with Crippen molar-refractivity contribution in [2.45, 2.75) is 25.8 Å². The van der Waals surface area contributed by atoms with Crippen molar-refractivity contribution < 1.29 is 4.79 Å². The molecule has 1 aromatic heterocycles. The van der Waals surface area contributed by atoms with Gasteiger partial charge in [0, 0.05) is 24.7 Å². The molecule has 1 fully saturated rings. The van der Waals surface area contributed by atoms with Crippen molar-refractivity contribution in [1.29, 1.82) is 0 Å². The molecular weight excluding hydrogens is 278 g/mol. The van der Waals surface area contributed by atoms with Crippen LogP contribution in [0, 0.1) is 0 Å². The Morgan fingerprint density at radius 3 is 2.90 bits per heavy atom. The third-order valence-electron chi connectivity index (χ3n) is 3.36. The average molecular weight is 298 g/mol. The molecule has 1 aromatic rings. The molecule has 1 saturated carbocycles. The van der Waals surface area contributed by atoms with E-state index in [0.717, 1.165) is 13.1 Å². The summed E-state index contributed by atoms with van der Waals surface area (Å²) < 4.78 is 0. The summed E-state index contributed by atoms with van der Waals surface area (Å²) in [6.45, 7) is 4.65. The number of anilines is 1. The molecule has 4 N–H and O–H groups in total. The maximum absolute atomic E-state index is 12.0. The molecule has 0 aromatic carbocycles. The predicted molar refractivity (Wildman–Crippen MR) is 79.7 cm³/mol. The van der Waals surface area contributed by atoms with E-state index in [1.807, 2.05) is 0 Å². The number of halogens is 1. The average Bonchev–Trinajstić information content (AvgIpc) is 3.27. The Bertz CT molecular complexity index is 478.